The smallest absolute Gasteiger partial charge is 0.335 e. The number of nitrogens with zero attached hydrogens (tertiary/aromatic N) is 1. The molecule has 0 aromatic heterocycles. The standard InChI is InChI=1S/C15H17NO6/c1-9-15(10-5-3-2-4-6-10)21-11(13(22-15)14(19)20)7-16(9)8-12(17)18/h2-6,9,11,13H,7-8H2,1H3,(H,17,18)(H,19,20). The molecule has 1 aromatic carbocycles. The van der Waals surface area contributed by atoms with Crippen molar-refractivity contribution in [2.75, 3.05) is 13.1 Å². The summed E-state index contributed by atoms with van der Waals surface area (Å²) < 4.78 is 11.7. The van der Waals surface area contributed by atoms with Crippen molar-refractivity contribution in [3.8, 4) is 0 Å². The van der Waals surface area contributed by atoms with E-state index in [1.807, 2.05) is 18.2 Å². The summed E-state index contributed by atoms with van der Waals surface area (Å²) >= 11 is 0. The van der Waals surface area contributed by atoms with Crippen LogP contribution in [0.25, 0.3) is 0 Å². The molecule has 2 aliphatic rings. The molecular weight excluding hydrogens is 290 g/mol. The number of hydrogen-bond donors (Lipinski definition) is 2. The van der Waals surface area contributed by atoms with Crippen LogP contribution >= 0.6 is 0 Å². The van der Waals surface area contributed by atoms with Gasteiger partial charge in [0.1, 0.15) is 6.10 Å². The Labute approximate surface area is 127 Å². The summed E-state index contributed by atoms with van der Waals surface area (Å²) in [5, 5.41) is 18.4. The van der Waals surface area contributed by atoms with E-state index in [2.05, 4.69) is 0 Å². The van der Waals surface area contributed by atoms with Crippen molar-refractivity contribution < 1.29 is 29.3 Å². The van der Waals surface area contributed by atoms with Crippen LogP contribution in [0.3, 0.4) is 0 Å². The van der Waals surface area contributed by atoms with Crippen LogP contribution in [0.5, 0.6) is 0 Å². The molecule has 2 bridgehead atoms. The molecule has 3 rings (SSSR count). The van der Waals surface area contributed by atoms with Gasteiger partial charge in [0.15, 0.2) is 6.10 Å². The minimum absolute atomic E-state index is 0.189. The fraction of sp³-hybridized carbons (Fsp3) is 0.467. The lowest BCUT2D eigenvalue weighted by Crippen LogP contribution is -2.57. The van der Waals surface area contributed by atoms with E-state index in [1.54, 1.807) is 24.0 Å². The molecule has 2 aliphatic heterocycles. The van der Waals surface area contributed by atoms with Crippen LogP contribution in [0.1, 0.15) is 12.5 Å². The van der Waals surface area contributed by atoms with Crippen molar-refractivity contribution in [3.63, 3.8) is 0 Å². The number of morpholine rings is 1. The minimum atomic E-state index is -1.26. The highest BCUT2D eigenvalue weighted by molar-refractivity contribution is 5.74. The van der Waals surface area contributed by atoms with E-state index >= 15 is 0 Å². The van der Waals surface area contributed by atoms with Gasteiger partial charge in [0.2, 0.25) is 5.79 Å². The highest BCUT2D eigenvalue weighted by Gasteiger charge is 2.60. The van der Waals surface area contributed by atoms with Gasteiger partial charge in [-0.25, -0.2) is 4.79 Å². The van der Waals surface area contributed by atoms with E-state index in [-0.39, 0.29) is 13.1 Å². The van der Waals surface area contributed by atoms with Crippen LogP contribution in [-0.2, 0) is 24.8 Å². The molecule has 118 valence electrons. The average molecular weight is 307 g/mol. The quantitative estimate of drug-likeness (QED) is 0.836. The molecule has 22 heavy (non-hydrogen) atoms. The predicted octanol–water partition coefficient (Wildman–Crippen LogP) is 0.497. The van der Waals surface area contributed by atoms with E-state index < -0.39 is 36.0 Å². The maximum absolute atomic E-state index is 11.4. The van der Waals surface area contributed by atoms with Crippen LogP contribution in [0.4, 0.5) is 0 Å². The molecule has 0 spiro atoms. The maximum atomic E-state index is 11.4. The third-order valence-electron chi connectivity index (χ3n) is 4.24. The second kappa shape index (κ2) is 5.35. The summed E-state index contributed by atoms with van der Waals surface area (Å²) in [6.45, 7) is 1.81. The second-order valence-electron chi connectivity index (χ2n) is 5.57. The van der Waals surface area contributed by atoms with Crippen LogP contribution in [-0.4, -0.2) is 58.4 Å². The number of rotatable bonds is 4. The molecular formula is C15H17NO6. The number of carboxylic acids is 2. The second-order valence-corrected chi connectivity index (χ2v) is 5.57. The maximum Gasteiger partial charge on any atom is 0.335 e. The summed E-state index contributed by atoms with van der Waals surface area (Å²) in [7, 11) is 0. The third kappa shape index (κ3) is 2.27. The highest BCUT2D eigenvalue weighted by Crippen LogP contribution is 2.45. The molecule has 2 fully saturated rings. The molecule has 7 nitrogen and oxygen atoms in total. The van der Waals surface area contributed by atoms with Crippen molar-refractivity contribution in [2.45, 2.75) is 31.0 Å². The van der Waals surface area contributed by atoms with E-state index in [0.29, 0.717) is 5.56 Å². The normalized spacial score (nSPS) is 34.5. The Morgan fingerprint density at radius 2 is 1.95 bits per heavy atom. The predicted molar refractivity (Wildman–Crippen MR) is 74.2 cm³/mol. The van der Waals surface area contributed by atoms with Crippen LogP contribution in [0, 0.1) is 0 Å². The van der Waals surface area contributed by atoms with Crippen molar-refractivity contribution in [1.82, 2.24) is 4.90 Å². The third-order valence-corrected chi connectivity index (χ3v) is 4.24. The molecule has 2 heterocycles. The number of ether oxygens (including phenoxy) is 2. The monoisotopic (exact) mass is 307 g/mol. The van der Waals surface area contributed by atoms with Crippen molar-refractivity contribution >= 4 is 11.9 Å². The number of carbonyl (C=O) groups is 2. The number of fused-ring (bicyclic) bond motifs is 2. The van der Waals surface area contributed by atoms with Crippen molar-refractivity contribution in [2.24, 2.45) is 0 Å². The molecule has 4 atom stereocenters. The Hall–Kier alpha value is -1.96. The molecule has 2 N–H and O–H groups in total. The van der Waals surface area contributed by atoms with Gasteiger partial charge < -0.3 is 19.7 Å². The zero-order valence-corrected chi connectivity index (χ0v) is 12.0. The molecule has 0 saturated carbocycles. The summed E-state index contributed by atoms with van der Waals surface area (Å²) in [6.07, 6.45) is -1.81. The van der Waals surface area contributed by atoms with E-state index in [0.717, 1.165) is 0 Å². The van der Waals surface area contributed by atoms with Crippen LogP contribution in [0.2, 0.25) is 0 Å². The largest absolute Gasteiger partial charge is 0.480 e. The zero-order chi connectivity index (χ0) is 15.9. The molecule has 4 unspecified atom stereocenters. The van der Waals surface area contributed by atoms with E-state index in [4.69, 9.17) is 14.6 Å². The number of hydrogen-bond acceptors (Lipinski definition) is 5. The Morgan fingerprint density at radius 1 is 1.27 bits per heavy atom. The lowest BCUT2D eigenvalue weighted by Gasteiger charge is -2.43. The minimum Gasteiger partial charge on any atom is -0.480 e. The van der Waals surface area contributed by atoms with Gasteiger partial charge in [0.25, 0.3) is 0 Å². The van der Waals surface area contributed by atoms with Gasteiger partial charge in [0, 0.05) is 12.1 Å². The first-order chi connectivity index (χ1) is 10.4. The Morgan fingerprint density at radius 3 is 2.55 bits per heavy atom. The van der Waals surface area contributed by atoms with E-state index in [9.17, 15) is 14.7 Å². The van der Waals surface area contributed by atoms with Gasteiger partial charge >= 0.3 is 11.9 Å². The topological polar surface area (TPSA) is 96.3 Å². The Kier molecular flexibility index (Phi) is 3.64. The van der Waals surface area contributed by atoms with E-state index in [1.165, 1.54) is 0 Å². The molecule has 1 aromatic rings. The van der Waals surface area contributed by atoms with Crippen molar-refractivity contribution in [1.29, 1.82) is 0 Å². The average Bonchev–Trinajstić information content (AvgIpc) is 2.82. The fourth-order valence-corrected chi connectivity index (χ4v) is 3.17. The first-order valence-electron chi connectivity index (χ1n) is 7.04. The van der Waals surface area contributed by atoms with Gasteiger partial charge in [0.05, 0.1) is 12.6 Å². The Balaban J connectivity index is 2.01. The number of benzene rings is 1. The fourth-order valence-electron chi connectivity index (χ4n) is 3.17. The number of carboxylic acid groups (broad SMARTS) is 2. The molecule has 0 aliphatic carbocycles. The highest BCUT2D eigenvalue weighted by atomic mass is 16.8. The van der Waals surface area contributed by atoms with Gasteiger partial charge in [-0.1, -0.05) is 30.3 Å². The van der Waals surface area contributed by atoms with Gasteiger partial charge in [-0.15, -0.1) is 0 Å². The zero-order valence-electron chi connectivity index (χ0n) is 12.0. The summed E-state index contributed by atoms with van der Waals surface area (Å²) in [6, 6.07) is 8.62. The van der Waals surface area contributed by atoms with Gasteiger partial charge in [-0.2, -0.15) is 0 Å². The number of aliphatic carboxylic acids is 2. The first-order valence-corrected chi connectivity index (χ1v) is 7.04. The molecule has 0 radical (unpaired) electrons. The lowest BCUT2D eigenvalue weighted by molar-refractivity contribution is -0.245. The summed E-state index contributed by atoms with van der Waals surface area (Å²) in [5.74, 6) is -3.33. The summed E-state index contributed by atoms with van der Waals surface area (Å²) in [4.78, 5) is 24.2. The first kappa shape index (κ1) is 15.0. The molecule has 2 saturated heterocycles. The SMILES string of the molecule is CC1N(CC(=O)O)CC2OC1(c1ccccc1)OC2C(=O)O. The van der Waals surface area contributed by atoms with Gasteiger partial charge in [-0.05, 0) is 6.92 Å². The molecule has 7 heteroatoms. The van der Waals surface area contributed by atoms with Gasteiger partial charge in [-0.3, -0.25) is 9.69 Å². The lowest BCUT2D eigenvalue weighted by atomic mass is 9.96. The van der Waals surface area contributed by atoms with Crippen molar-refractivity contribution in [3.05, 3.63) is 35.9 Å². The van der Waals surface area contributed by atoms with Crippen LogP contribution < -0.4 is 0 Å². The van der Waals surface area contributed by atoms with Crippen LogP contribution in [0.15, 0.2) is 30.3 Å². The summed E-state index contributed by atoms with van der Waals surface area (Å²) in [5.41, 5.74) is 0.686. The Bertz CT molecular complexity index is 591. The molecule has 0 amide bonds.